The molecule has 0 saturated carbocycles. The Hall–Kier alpha value is -4.12. The second-order valence-corrected chi connectivity index (χ2v) is 11.6. The average Bonchev–Trinajstić information content (AvgIpc) is 3.23. The summed E-state index contributed by atoms with van der Waals surface area (Å²) < 4.78 is 5.49. The first-order chi connectivity index (χ1) is 20.0. The van der Waals surface area contributed by atoms with Gasteiger partial charge >= 0.3 is 6.09 Å². The zero-order chi connectivity index (χ0) is 30.7. The molecule has 1 aromatic rings. The first kappa shape index (κ1) is 32.4. The molecular formula is C29H41N7O6. The van der Waals surface area contributed by atoms with E-state index in [1.54, 1.807) is 23.1 Å². The third-order valence-corrected chi connectivity index (χ3v) is 7.04. The van der Waals surface area contributed by atoms with E-state index in [1.165, 1.54) is 4.90 Å². The molecule has 5 amide bonds. The summed E-state index contributed by atoms with van der Waals surface area (Å²) in [6.07, 6.45) is 5.27. The zero-order valence-electron chi connectivity index (χ0n) is 24.7. The number of benzene rings is 1. The normalized spacial score (nSPS) is 16.4. The molecule has 3 rings (SSSR count). The molecule has 228 valence electrons. The number of amides is 5. The first-order valence-electron chi connectivity index (χ1n) is 14.5. The third-order valence-electron chi connectivity index (χ3n) is 7.04. The number of rotatable bonds is 14. The highest BCUT2D eigenvalue weighted by molar-refractivity contribution is 6.05. The van der Waals surface area contributed by atoms with Gasteiger partial charge in [-0.3, -0.25) is 24.5 Å². The number of hydrogen-bond acceptors (Lipinski definition) is 7. The molecule has 1 aromatic carbocycles. The molecule has 0 aromatic heterocycles. The standard InChI is InChI=1S/C29H41N7O6/c1-29(2,3)42-28(41)35(17-9-15-31-34-30)16-8-6-4-5-7-10-24(37)32-21-11-12-22-20(18-21)19-36(27(22)40)23-13-14-25(38)33-26(23)39/h11-12,18,23H,4-10,13-17,19H2,1-3H3,(H,32,37)(H,33,38,39). The van der Waals surface area contributed by atoms with Crippen LogP contribution >= 0.6 is 0 Å². The van der Waals surface area contributed by atoms with Crippen LogP contribution in [0.15, 0.2) is 23.3 Å². The monoisotopic (exact) mass is 583 g/mol. The molecule has 1 atom stereocenters. The highest BCUT2D eigenvalue weighted by Gasteiger charge is 2.39. The van der Waals surface area contributed by atoms with Crippen LogP contribution in [0.25, 0.3) is 10.4 Å². The van der Waals surface area contributed by atoms with E-state index in [9.17, 15) is 24.0 Å². The van der Waals surface area contributed by atoms with Crippen molar-refractivity contribution >= 4 is 35.4 Å². The number of azide groups is 1. The lowest BCUT2D eigenvalue weighted by atomic mass is 10.0. The quantitative estimate of drug-likeness (QED) is 0.106. The Balaban J connectivity index is 1.36. The molecule has 0 spiro atoms. The van der Waals surface area contributed by atoms with E-state index in [2.05, 4.69) is 20.7 Å². The Morgan fingerprint density at radius 3 is 2.55 bits per heavy atom. The second kappa shape index (κ2) is 15.2. The minimum absolute atomic E-state index is 0.113. The molecular weight excluding hydrogens is 542 g/mol. The van der Waals surface area contributed by atoms with E-state index in [1.807, 2.05) is 20.8 Å². The van der Waals surface area contributed by atoms with E-state index < -0.39 is 17.6 Å². The minimum Gasteiger partial charge on any atom is -0.444 e. The minimum atomic E-state index is -0.676. The number of nitrogens with one attached hydrogen (secondary N) is 2. The van der Waals surface area contributed by atoms with Gasteiger partial charge in [-0.2, -0.15) is 0 Å². The van der Waals surface area contributed by atoms with E-state index >= 15 is 0 Å². The maximum Gasteiger partial charge on any atom is 0.410 e. The van der Waals surface area contributed by atoms with Crippen LogP contribution in [0.1, 0.15) is 94.5 Å². The second-order valence-electron chi connectivity index (χ2n) is 11.6. The van der Waals surface area contributed by atoms with Gasteiger partial charge in [0.15, 0.2) is 0 Å². The van der Waals surface area contributed by atoms with Crippen LogP contribution in [-0.4, -0.2) is 70.8 Å². The van der Waals surface area contributed by atoms with Gasteiger partial charge in [-0.25, -0.2) is 4.79 Å². The SMILES string of the molecule is CC(C)(C)OC(=O)N(CCCCCCCC(=O)Nc1ccc2c(c1)CN(C1CCC(=O)NC1=O)C2=O)CCCN=[N+]=[N-]. The molecule has 13 nitrogen and oxygen atoms in total. The highest BCUT2D eigenvalue weighted by atomic mass is 16.6. The number of nitrogens with zero attached hydrogens (tertiary/aromatic N) is 5. The maximum absolute atomic E-state index is 12.8. The van der Waals surface area contributed by atoms with Crippen molar-refractivity contribution in [3.63, 3.8) is 0 Å². The summed E-state index contributed by atoms with van der Waals surface area (Å²) in [5, 5.41) is 8.71. The van der Waals surface area contributed by atoms with Gasteiger partial charge in [0.25, 0.3) is 5.91 Å². The Labute approximate surface area is 245 Å². The summed E-state index contributed by atoms with van der Waals surface area (Å²) >= 11 is 0. The number of hydrogen-bond donors (Lipinski definition) is 2. The van der Waals surface area contributed by atoms with Gasteiger partial charge in [0.1, 0.15) is 11.6 Å². The van der Waals surface area contributed by atoms with Crippen LogP contribution in [0.4, 0.5) is 10.5 Å². The predicted molar refractivity (Wildman–Crippen MR) is 155 cm³/mol. The molecule has 0 aliphatic carbocycles. The number of ether oxygens (including phenoxy) is 1. The smallest absolute Gasteiger partial charge is 0.410 e. The molecule has 1 unspecified atom stereocenters. The third kappa shape index (κ3) is 9.76. The van der Waals surface area contributed by atoms with Gasteiger partial charge in [-0.15, -0.1) is 0 Å². The summed E-state index contributed by atoms with van der Waals surface area (Å²) in [7, 11) is 0. The average molecular weight is 584 g/mol. The van der Waals surface area contributed by atoms with Gasteiger partial charge in [0, 0.05) is 55.2 Å². The fourth-order valence-corrected chi connectivity index (χ4v) is 4.99. The van der Waals surface area contributed by atoms with Gasteiger partial charge in [0.05, 0.1) is 0 Å². The molecule has 13 heteroatoms. The molecule has 2 heterocycles. The highest BCUT2D eigenvalue weighted by Crippen LogP contribution is 2.29. The molecule has 0 radical (unpaired) electrons. The fourth-order valence-electron chi connectivity index (χ4n) is 4.99. The number of anilines is 1. The molecule has 0 bridgehead atoms. The van der Waals surface area contributed by atoms with Crippen molar-refractivity contribution in [2.75, 3.05) is 25.0 Å². The van der Waals surface area contributed by atoms with Crippen molar-refractivity contribution in [2.24, 2.45) is 5.11 Å². The lowest BCUT2D eigenvalue weighted by Gasteiger charge is -2.29. The summed E-state index contributed by atoms with van der Waals surface area (Å²) in [5.74, 6) is -1.15. The topological polar surface area (TPSA) is 174 Å². The van der Waals surface area contributed by atoms with Crippen molar-refractivity contribution in [1.82, 2.24) is 15.1 Å². The van der Waals surface area contributed by atoms with Crippen molar-refractivity contribution in [3.05, 3.63) is 39.8 Å². The number of imide groups is 1. The number of piperidine rings is 1. The van der Waals surface area contributed by atoms with Crippen molar-refractivity contribution in [3.8, 4) is 0 Å². The molecule has 42 heavy (non-hydrogen) atoms. The largest absolute Gasteiger partial charge is 0.444 e. The summed E-state index contributed by atoms with van der Waals surface area (Å²) in [6.45, 7) is 7.05. The Kier molecular flexibility index (Phi) is 11.7. The van der Waals surface area contributed by atoms with Gasteiger partial charge in [-0.1, -0.05) is 24.4 Å². The summed E-state index contributed by atoms with van der Waals surface area (Å²) in [6, 6.07) is 4.44. The van der Waals surface area contributed by atoms with Crippen molar-refractivity contribution < 1.29 is 28.7 Å². The van der Waals surface area contributed by atoms with Gasteiger partial charge in [-0.05, 0) is 75.7 Å². The molecule has 1 fully saturated rings. The number of carbonyl (C=O) groups excluding carboxylic acids is 5. The Bertz CT molecular complexity index is 1220. The van der Waals surface area contributed by atoms with Crippen LogP contribution in [0.2, 0.25) is 0 Å². The Morgan fingerprint density at radius 1 is 1.12 bits per heavy atom. The van der Waals surface area contributed by atoms with Crippen LogP contribution in [-0.2, 0) is 25.7 Å². The summed E-state index contributed by atoms with van der Waals surface area (Å²) in [5.41, 5.74) is 9.69. The maximum atomic E-state index is 12.8. The lowest BCUT2D eigenvalue weighted by molar-refractivity contribution is -0.137. The molecule has 1 saturated heterocycles. The first-order valence-corrected chi connectivity index (χ1v) is 14.5. The lowest BCUT2D eigenvalue weighted by Crippen LogP contribution is -2.52. The molecule has 2 aliphatic rings. The number of carbonyl (C=O) groups is 5. The van der Waals surface area contributed by atoms with Crippen LogP contribution in [0, 0.1) is 0 Å². The van der Waals surface area contributed by atoms with Crippen LogP contribution in [0.3, 0.4) is 0 Å². The predicted octanol–water partition coefficient (Wildman–Crippen LogP) is 4.66. The van der Waals surface area contributed by atoms with Gasteiger partial charge in [0.2, 0.25) is 17.7 Å². The van der Waals surface area contributed by atoms with E-state index in [-0.39, 0.29) is 36.8 Å². The van der Waals surface area contributed by atoms with Crippen molar-refractivity contribution in [2.45, 2.75) is 96.7 Å². The Morgan fingerprint density at radius 2 is 1.83 bits per heavy atom. The fraction of sp³-hybridized carbons (Fsp3) is 0.621. The van der Waals surface area contributed by atoms with E-state index in [0.29, 0.717) is 50.1 Å². The summed E-state index contributed by atoms with van der Waals surface area (Å²) in [4.78, 5) is 67.4. The van der Waals surface area contributed by atoms with Crippen LogP contribution in [0.5, 0.6) is 0 Å². The van der Waals surface area contributed by atoms with Crippen molar-refractivity contribution in [1.29, 1.82) is 0 Å². The van der Waals surface area contributed by atoms with E-state index in [0.717, 1.165) is 37.7 Å². The molecule has 2 N–H and O–H groups in total. The molecule has 2 aliphatic heterocycles. The number of unbranched alkanes of at least 4 members (excludes halogenated alkanes) is 4. The van der Waals surface area contributed by atoms with E-state index in [4.69, 9.17) is 10.3 Å². The zero-order valence-corrected chi connectivity index (χ0v) is 24.7. The van der Waals surface area contributed by atoms with Gasteiger partial charge < -0.3 is 19.9 Å². The number of fused-ring (bicyclic) bond motifs is 1. The van der Waals surface area contributed by atoms with Crippen LogP contribution < -0.4 is 10.6 Å².